The van der Waals surface area contributed by atoms with Crippen LogP contribution in [-0.4, -0.2) is 6.61 Å². The molecule has 0 aliphatic rings. The van der Waals surface area contributed by atoms with Gasteiger partial charge in [0.25, 0.3) is 0 Å². The molecular weight excluding hydrogens is 236 g/mol. The summed E-state index contributed by atoms with van der Waals surface area (Å²) >= 11 is 0. The number of hydrogen-bond acceptors (Lipinski definition) is 2. The van der Waals surface area contributed by atoms with E-state index in [-0.39, 0.29) is 12.4 Å². The van der Waals surface area contributed by atoms with E-state index in [9.17, 15) is 8.78 Å². The van der Waals surface area contributed by atoms with Crippen LogP contribution in [0.2, 0.25) is 0 Å². The minimum Gasteiger partial charge on any atom is -0.490 e. The highest BCUT2D eigenvalue weighted by atomic mass is 19.1. The van der Waals surface area contributed by atoms with Crippen molar-refractivity contribution >= 4 is 5.69 Å². The van der Waals surface area contributed by atoms with E-state index in [1.807, 2.05) is 18.2 Å². The minimum atomic E-state index is -0.698. The summed E-state index contributed by atoms with van der Waals surface area (Å²) in [6.07, 6.45) is 0.573. The van der Waals surface area contributed by atoms with Crippen molar-refractivity contribution in [2.24, 2.45) is 0 Å². The van der Waals surface area contributed by atoms with Crippen LogP contribution in [0.5, 0.6) is 5.75 Å². The maximum absolute atomic E-state index is 13.3. The van der Waals surface area contributed by atoms with Crippen molar-refractivity contribution in [3.63, 3.8) is 0 Å². The Hall–Kier alpha value is -2.10. The number of hydrogen-bond donors (Lipinski definition) is 1. The maximum Gasteiger partial charge on any atom is 0.167 e. The van der Waals surface area contributed by atoms with Crippen LogP contribution in [0.1, 0.15) is 5.56 Å². The fourth-order valence-electron chi connectivity index (χ4n) is 1.63. The number of rotatable bonds is 4. The minimum absolute atomic E-state index is 0.0471. The lowest BCUT2D eigenvalue weighted by Gasteiger charge is -2.08. The van der Waals surface area contributed by atoms with Gasteiger partial charge in [-0.2, -0.15) is 0 Å². The molecule has 0 unspecified atom stereocenters. The zero-order valence-corrected chi connectivity index (χ0v) is 9.70. The topological polar surface area (TPSA) is 35.2 Å². The van der Waals surface area contributed by atoms with Crippen molar-refractivity contribution in [1.82, 2.24) is 0 Å². The normalized spacial score (nSPS) is 10.3. The first kappa shape index (κ1) is 12.4. The van der Waals surface area contributed by atoms with Crippen molar-refractivity contribution < 1.29 is 13.5 Å². The molecule has 0 saturated carbocycles. The third-order valence-electron chi connectivity index (χ3n) is 2.58. The Kier molecular flexibility index (Phi) is 3.77. The molecule has 0 aromatic heterocycles. The van der Waals surface area contributed by atoms with Crippen molar-refractivity contribution in [3.8, 4) is 5.75 Å². The lowest BCUT2D eigenvalue weighted by atomic mass is 10.1. The summed E-state index contributed by atoms with van der Waals surface area (Å²) in [5.74, 6) is -1.27. The van der Waals surface area contributed by atoms with Gasteiger partial charge in [0.1, 0.15) is 5.82 Å². The highest BCUT2D eigenvalue weighted by Crippen LogP contribution is 2.18. The summed E-state index contributed by atoms with van der Waals surface area (Å²) in [6.45, 7) is 0.288. The second kappa shape index (κ2) is 5.49. The largest absolute Gasteiger partial charge is 0.490 e. The van der Waals surface area contributed by atoms with E-state index in [1.54, 1.807) is 6.07 Å². The zero-order chi connectivity index (χ0) is 13.0. The predicted molar refractivity (Wildman–Crippen MR) is 66.4 cm³/mol. The molecule has 94 valence electrons. The summed E-state index contributed by atoms with van der Waals surface area (Å²) in [7, 11) is 0. The van der Waals surface area contributed by atoms with Crippen LogP contribution in [0.25, 0.3) is 0 Å². The highest BCUT2D eigenvalue weighted by molar-refractivity contribution is 5.46. The van der Waals surface area contributed by atoms with Gasteiger partial charge in [-0.25, -0.2) is 8.78 Å². The molecule has 0 bridgehead atoms. The summed E-state index contributed by atoms with van der Waals surface area (Å²) in [4.78, 5) is 0. The molecule has 0 heterocycles. The molecule has 0 saturated heterocycles. The quantitative estimate of drug-likeness (QED) is 0.845. The van der Waals surface area contributed by atoms with Crippen molar-refractivity contribution in [1.29, 1.82) is 0 Å². The Morgan fingerprint density at radius 3 is 2.56 bits per heavy atom. The Morgan fingerprint density at radius 2 is 1.83 bits per heavy atom. The van der Waals surface area contributed by atoms with Gasteiger partial charge in [-0.1, -0.05) is 18.2 Å². The van der Waals surface area contributed by atoms with Gasteiger partial charge < -0.3 is 10.5 Å². The molecule has 0 fully saturated rings. The first-order chi connectivity index (χ1) is 8.66. The fourth-order valence-corrected chi connectivity index (χ4v) is 1.63. The van der Waals surface area contributed by atoms with Crippen LogP contribution in [0.4, 0.5) is 14.5 Å². The number of benzene rings is 2. The van der Waals surface area contributed by atoms with E-state index in [0.29, 0.717) is 12.1 Å². The predicted octanol–water partition coefficient (Wildman–Crippen LogP) is 3.17. The van der Waals surface area contributed by atoms with Gasteiger partial charge in [-0.05, 0) is 23.8 Å². The van der Waals surface area contributed by atoms with Crippen molar-refractivity contribution in [3.05, 3.63) is 59.7 Å². The Balaban J connectivity index is 1.95. The van der Waals surface area contributed by atoms with Gasteiger partial charge in [-0.15, -0.1) is 0 Å². The molecule has 0 aliphatic carbocycles. The molecule has 2 aromatic rings. The fraction of sp³-hybridized carbons (Fsp3) is 0.143. The second-order valence-electron chi connectivity index (χ2n) is 3.87. The number of halogens is 2. The van der Waals surface area contributed by atoms with Crippen LogP contribution in [-0.2, 0) is 6.42 Å². The third-order valence-corrected chi connectivity index (χ3v) is 2.58. The monoisotopic (exact) mass is 249 g/mol. The first-order valence-corrected chi connectivity index (χ1v) is 5.58. The van der Waals surface area contributed by atoms with Crippen LogP contribution < -0.4 is 10.5 Å². The van der Waals surface area contributed by atoms with Gasteiger partial charge in [0, 0.05) is 18.2 Å². The Morgan fingerprint density at radius 1 is 1.06 bits per heavy atom. The molecular formula is C14H13F2NO. The molecule has 0 aliphatic heterocycles. The Bertz CT molecular complexity index is 543. The number of anilines is 1. The lowest BCUT2D eigenvalue weighted by Crippen LogP contribution is -2.04. The van der Waals surface area contributed by atoms with Crippen LogP contribution in [0, 0.1) is 11.6 Å². The van der Waals surface area contributed by atoms with Gasteiger partial charge in [0.05, 0.1) is 6.61 Å². The third kappa shape index (κ3) is 2.97. The summed E-state index contributed by atoms with van der Waals surface area (Å²) in [5, 5.41) is 0. The summed E-state index contributed by atoms with van der Waals surface area (Å²) in [6, 6.07) is 10.7. The summed E-state index contributed by atoms with van der Waals surface area (Å²) < 4.78 is 31.2. The second-order valence-corrected chi connectivity index (χ2v) is 3.87. The average Bonchev–Trinajstić information content (AvgIpc) is 2.34. The molecule has 2 aromatic carbocycles. The molecule has 2 nitrogen and oxygen atoms in total. The molecule has 2 rings (SSSR count). The van der Waals surface area contributed by atoms with Crippen molar-refractivity contribution in [2.75, 3.05) is 12.3 Å². The van der Waals surface area contributed by atoms with E-state index >= 15 is 0 Å². The first-order valence-electron chi connectivity index (χ1n) is 5.58. The van der Waals surface area contributed by atoms with Gasteiger partial charge >= 0.3 is 0 Å². The molecule has 4 heteroatoms. The van der Waals surface area contributed by atoms with E-state index in [1.165, 1.54) is 6.07 Å². The number of nitrogens with two attached hydrogens (primary N) is 1. The van der Waals surface area contributed by atoms with E-state index in [0.717, 1.165) is 17.7 Å². The Labute approximate surface area is 104 Å². The number of ether oxygens (including phenoxy) is 1. The maximum atomic E-state index is 13.3. The van der Waals surface area contributed by atoms with E-state index in [4.69, 9.17) is 10.5 Å². The lowest BCUT2D eigenvalue weighted by molar-refractivity contribution is 0.304. The van der Waals surface area contributed by atoms with Crippen LogP contribution in [0.15, 0.2) is 42.5 Å². The van der Waals surface area contributed by atoms with E-state index in [2.05, 4.69) is 0 Å². The molecule has 2 N–H and O–H groups in total. The van der Waals surface area contributed by atoms with Gasteiger partial charge in [0.15, 0.2) is 11.6 Å². The smallest absolute Gasteiger partial charge is 0.167 e. The molecule has 0 radical (unpaired) electrons. The number of nitrogen functional groups attached to an aromatic ring is 1. The SMILES string of the molecule is Nc1ccccc1CCOc1ccc(F)cc1F. The van der Waals surface area contributed by atoms with Gasteiger partial charge in [-0.3, -0.25) is 0 Å². The standard InChI is InChI=1S/C14H13F2NO/c15-11-5-6-14(12(16)9-11)18-8-7-10-3-1-2-4-13(10)17/h1-6,9H,7-8,17H2. The average molecular weight is 249 g/mol. The number of para-hydroxylation sites is 1. The molecule has 18 heavy (non-hydrogen) atoms. The van der Waals surface area contributed by atoms with Crippen LogP contribution in [0.3, 0.4) is 0 Å². The molecule has 0 spiro atoms. The zero-order valence-electron chi connectivity index (χ0n) is 9.70. The molecule has 0 amide bonds. The van der Waals surface area contributed by atoms with E-state index < -0.39 is 11.6 Å². The van der Waals surface area contributed by atoms with Crippen molar-refractivity contribution in [2.45, 2.75) is 6.42 Å². The van der Waals surface area contributed by atoms with Crippen LogP contribution >= 0.6 is 0 Å². The van der Waals surface area contributed by atoms with Gasteiger partial charge in [0.2, 0.25) is 0 Å². The molecule has 0 atom stereocenters. The highest BCUT2D eigenvalue weighted by Gasteiger charge is 2.05. The summed E-state index contributed by atoms with van der Waals surface area (Å²) in [5.41, 5.74) is 7.40.